The number of hydrogen-bond donors (Lipinski definition) is 0. The molecule has 0 unspecified atom stereocenters. The first-order valence-corrected chi connectivity index (χ1v) is 6.35. The van der Waals surface area contributed by atoms with Crippen molar-refractivity contribution in [1.29, 1.82) is 0 Å². The minimum absolute atomic E-state index is 0.0666. The van der Waals surface area contributed by atoms with Gasteiger partial charge in [0, 0.05) is 29.8 Å². The summed E-state index contributed by atoms with van der Waals surface area (Å²) in [6, 6.07) is 13.4. The highest BCUT2D eigenvalue weighted by atomic mass is 79.9. The molecule has 0 atom stereocenters. The molecule has 21 heavy (non-hydrogen) atoms. The minimum Gasteiger partial charge on any atom is -0.281 e. The average Bonchev–Trinajstić information content (AvgIpc) is 2.49. The fourth-order valence-corrected chi connectivity index (χ4v) is 1.53. The largest absolute Gasteiger partial charge is 0.281 e. The van der Waals surface area contributed by atoms with Crippen LogP contribution < -0.4 is 0 Å². The number of hydrogen-bond acceptors (Lipinski definition) is 5. The van der Waals surface area contributed by atoms with Crippen molar-refractivity contribution in [3.63, 3.8) is 0 Å². The van der Waals surface area contributed by atoms with Gasteiger partial charge in [0.25, 0.3) is 11.4 Å². The second-order valence-electron chi connectivity index (χ2n) is 3.67. The third kappa shape index (κ3) is 5.49. The maximum Gasteiger partial charge on any atom is 0.269 e. The number of rotatable bonds is 3. The van der Waals surface area contributed by atoms with Crippen LogP contribution in [0.2, 0.25) is 0 Å². The van der Waals surface area contributed by atoms with Crippen molar-refractivity contribution in [2.75, 3.05) is 0 Å². The molecular weight excluding hydrogens is 344 g/mol. The number of carbonyl (C=O) groups excluding carboxylic acids is 1. The van der Waals surface area contributed by atoms with Gasteiger partial charge in [0.1, 0.15) is 0 Å². The molecule has 0 radical (unpaired) electrons. The lowest BCUT2D eigenvalue weighted by molar-refractivity contribution is -0.389. The molecular formula is C13H9BrN2O5. The molecule has 0 heterocycles. The second kappa shape index (κ2) is 7.85. The van der Waals surface area contributed by atoms with Gasteiger partial charge in [-0.15, -0.1) is 0 Å². The lowest BCUT2D eigenvalue weighted by Crippen LogP contribution is -1.90. The Bertz CT molecular complexity index is 610. The Morgan fingerprint density at radius 1 is 0.810 bits per heavy atom. The molecule has 0 aliphatic heterocycles. The summed E-state index contributed by atoms with van der Waals surface area (Å²) in [5.74, 6) is 0. The van der Waals surface area contributed by atoms with E-state index < -0.39 is 9.85 Å². The summed E-state index contributed by atoms with van der Waals surface area (Å²) in [4.78, 5) is 29.6. The van der Waals surface area contributed by atoms with E-state index in [0.717, 1.165) is 24.3 Å². The van der Waals surface area contributed by atoms with Crippen LogP contribution in [0.1, 0.15) is 10.4 Å². The van der Waals surface area contributed by atoms with Crippen LogP contribution in [-0.4, -0.2) is 14.5 Å². The van der Waals surface area contributed by atoms with Crippen molar-refractivity contribution in [2.24, 2.45) is 0 Å². The number of nitro benzene ring substituents is 2. The van der Waals surface area contributed by atoms with Crippen molar-refractivity contribution in [3.8, 4) is 0 Å². The zero-order valence-electron chi connectivity index (χ0n) is 10.5. The van der Waals surface area contributed by atoms with Crippen LogP contribution >= 0.6 is 15.9 Å². The number of carbonyl (C=O) groups is 1. The van der Waals surface area contributed by atoms with Gasteiger partial charge in [-0.1, -0.05) is 30.3 Å². The van der Waals surface area contributed by atoms with Gasteiger partial charge in [0.2, 0.25) is 4.69 Å². The quantitative estimate of drug-likeness (QED) is 0.475. The topological polar surface area (TPSA) is 103 Å². The molecule has 0 aliphatic rings. The van der Waals surface area contributed by atoms with E-state index >= 15 is 0 Å². The van der Waals surface area contributed by atoms with E-state index in [-0.39, 0.29) is 16.1 Å². The summed E-state index contributed by atoms with van der Waals surface area (Å²) in [6.45, 7) is 0. The average molecular weight is 353 g/mol. The Balaban J connectivity index is 0.000000219. The van der Waals surface area contributed by atoms with Crippen LogP contribution in [0.3, 0.4) is 0 Å². The minimum atomic E-state index is -0.607. The van der Waals surface area contributed by atoms with Crippen molar-refractivity contribution in [2.45, 2.75) is 0 Å². The van der Waals surface area contributed by atoms with E-state index in [4.69, 9.17) is 0 Å². The molecule has 7 nitrogen and oxygen atoms in total. The highest BCUT2D eigenvalue weighted by molar-refractivity contribution is 9.18. The maximum absolute atomic E-state index is 10.6. The highest BCUT2D eigenvalue weighted by Crippen LogP contribution is 2.16. The third-order valence-corrected chi connectivity index (χ3v) is 2.73. The maximum atomic E-state index is 10.6. The van der Waals surface area contributed by atoms with Crippen molar-refractivity contribution in [1.82, 2.24) is 0 Å². The van der Waals surface area contributed by atoms with Gasteiger partial charge in [0.15, 0.2) is 0 Å². The molecule has 0 amide bonds. The lowest BCUT2D eigenvalue weighted by Gasteiger charge is -1.90. The zero-order valence-corrected chi connectivity index (χ0v) is 12.1. The predicted molar refractivity (Wildman–Crippen MR) is 79.5 cm³/mol. The number of non-ortho nitro benzene ring substituents is 2. The summed E-state index contributed by atoms with van der Waals surface area (Å²) in [6.07, 6.45) is 0. The van der Waals surface area contributed by atoms with Crippen LogP contribution in [0.5, 0.6) is 0 Å². The molecule has 0 N–H and O–H groups in total. The molecule has 0 saturated carbocycles. The van der Waals surface area contributed by atoms with E-state index in [0.29, 0.717) is 5.56 Å². The Hall–Kier alpha value is -2.61. The van der Waals surface area contributed by atoms with Gasteiger partial charge in [-0.3, -0.25) is 25.0 Å². The van der Waals surface area contributed by atoms with Gasteiger partial charge >= 0.3 is 0 Å². The van der Waals surface area contributed by atoms with Gasteiger partial charge in [-0.05, 0) is 15.9 Å². The first-order chi connectivity index (χ1) is 9.91. The molecule has 0 aromatic heterocycles. The Labute approximate surface area is 127 Å². The molecule has 2 aromatic rings. The molecule has 0 fully saturated rings. The number of halogens is 1. The van der Waals surface area contributed by atoms with E-state index in [1.165, 1.54) is 0 Å². The van der Waals surface area contributed by atoms with Crippen molar-refractivity contribution < 1.29 is 14.6 Å². The van der Waals surface area contributed by atoms with E-state index in [1.807, 2.05) is 18.2 Å². The summed E-state index contributed by atoms with van der Waals surface area (Å²) < 4.78 is -0.0666. The van der Waals surface area contributed by atoms with Gasteiger partial charge in [0.05, 0.1) is 9.85 Å². The van der Waals surface area contributed by atoms with E-state index in [9.17, 15) is 25.0 Å². The van der Waals surface area contributed by atoms with Gasteiger partial charge in [-0.2, -0.15) is 0 Å². The lowest BCUT2D eigenvalue weighted by atomic mass is 10.2. The predicted octanol–water partition coefficient (Wildman–Crippen LogP) is 3.72. The monoisotopic (exact) mass is 352 g/mol. The SMILES string of the molecule is O=C(Br)c1ccccc1.O=[N+]([O-])c1ccc([N+](=O)[O-])cc1. The van der Waals surface area contributed by atoms with E-state index in [2.05, 4.69) is 15.9 Å². The van der Waals surface area contributed by atoms with Crippen LogP contribution in [0, 0.1) is 20.2 Å². The Morgan fingerprint density at radius 3 is 1.43 bits per heavy atom. The molecule has 0 aliphatic carbocycles. The van der Waals surface area contributed by atoms with Gasteiger partial charge < -0.3 is 0 Å². The number of benzene rings is 2. The molecule has 2 rings (SSSR count). The van der Waals surface area contributed by atoms with Gasteiger partial charge in [-0.25, -0.2) is 0 Å². The first-order valence-electron chi connectivity index (χ1n) is 5.55. The van der Waals surface area contributed by atoms with Crippen LogP contribution in [0.25, 0.3) is 0 Å². The first kappa shape index (κ1) is 16.4. The Morgan fingerprint density at radius 2 is 1.19 bits per heavy atom. The molecule has 2 aromatic carbocycles. The smallest absolute Gasteiger partial charge is 0.269 e. The summed E-state index contributed by atoms with van der Waals surface area (Å²) in [5.41, 5.74) is 0.388. The van der Waals surface area contributed by atoms with Crippen molar-refractivity contribution in [3.05, 3.63) is 80.4 Å². The zero-order chi connectivity index (χ0) is 15.8. The highest BCUT2D eigenvalue weighted by Gasteiger charge is 2.08. The van der Waals surface area contributed by atoms with Crippen LogP contribution in [0.4, 0.5) is 11.4 Å². The Kier molecular flexibility index (Phi) is 6.15. The standard InChI is InChI=1S/C7H5BrO.C6H4N2O4/c8-7(9)6-4-2-1-3-5-6;9-7(10)5-1-2-6(4-3-5)8(11)12/h1-5H;1-4H. The summed E-state index contributed by atoms with van der Waals surface area (Å²) >= 11 is 2.84. The molecule has 0 bridgehead atoms. The molecule has 8 heteroatoms. The number of nitrogens with zero attached hydrogens (tertiary/aromatic N) is 2. The summed E-state index contributed by atoms with van der Waals surface area (Å²) in [5, 5.41) is 20.2. The second-order valence-corrected chi connectivity index (χ2v) is 4.39. The summed E-state index contributed by atoms with van der Waals surface area (Å²) in [7, 11) is 0. The van der Waals surface area contributed by atoms with Crippen LogP contribution in [0.15, 0.2) is 54.6 Å². The number of nitro groups is 2. The molecule has 0 spiro atoms. The molecule has 0 saturated heterocycles. The normalized spacial score (nSPS) is 9.19. The molecule has 108 valence electrons. The fourth-order valence-electron chi connectivity index (χ4n) is 1.27. The van der Waals surface area contributed by atoms with E-state index in [1.54, 1.807) is 12.1 Å². The van der Waals surface area contributed by atoms with Crippen molar-refractivity contribution >= 4 is 32.0 Å². The van der Waals surface area contributed by atoms with Crippen LogP contribution in [-0.2, 0) is 0 Å². The third-order valence-electron chi connectivity index (χ3n) is 2.27. The fraction of sp³-hybridized carbons (Fsp3) is 0.